The van der Waals surface area contributed by atoms with Gasteiger partial charge in [0.2, 0.25) is 0 Å². The van der Waals surface area contributed by atoms with Gasteiger partial charge in [0, 0.05) is 5.56 Å². The van der Waals surface area contributed by atoms with Crippen LogP contribution in [-0.4, -0.2) is 22.2 Å². The molecule has 3 rings (SSSR count). The fourth-order valence-corrected chi connectivity index (χ4v) is 5.91. The van der Waals surface area contributed by atoms with Gasteiger partial charge in [0.05, 0.1) is 5.25 Å². The topological polar surface area (TPSA) is 17.1 Å². The summed E-state index contributed by atoms with van der Waals surface area (Å²) in [5.74, 6) is 1.48. The molecule has 0 radical (unpaired) electrons. The zero-order chi connectivity index (χ0) is 16.2. The molecule has 0 bridgehead atoms. The fourth-order valence-electron chi connectivity index (χ4n) is 3.34. The number of hydrogen-bond acceptors (Lipinski definition) is 1. The third-order valence-electron chi connectivity index (χ3n) is 4.60. The van der Waals surface area contributed by atoms with Crippen LogP contribution in [0.25, 0.3) is 6.08 Å². The van der Waals surface area contributed by atoms with E-state index in [0.29, 0.717) is 5.78 Å². The average Bonchev–Trinajstić information content (AvgIpc) is 2.57. The van der Waals surface area contributed by atoms with Crippen molar-refractivity contribution in [2.75, 3.05) is 5.75 Å². The SMILES string of the molecule is CCCCC1=CC2=Cc3ccccc3C(=O)C2S(CCCC)=C1. The van der Waals surface area contributed by atoms with E-state index in [0.717, 1.165) is 23.3 Å². The monoisotopic (exact) mass is 326 g/mol. The summed E-state index contributed by atoms with van der Waals surface area (Å²) in [6.07, 6.45) is 10.6. The Morgan fingerprint density at radius 2 is 1.83 bits per heavy atom. The van der Waals surface area contributed by atoms with Gasteiger partial charge in [-0.25, -0.2) is 0 Å². The molecule has 0 saturated carbocycles. The first-order chi connectivity index (χ1) is 11.2. The molecule has 23 heavy (non-hydrogen) atoms. The van der Waals surface area contributed by atoms with E-state index in [2.05, 4.69) is 37.4 Å². The van der Waals surface area contributed by atoms with E-state index in [1.807, 2.05) is 18.2 Å². The van der Waals surface area contributed by atoms with E-state index in [4.69, 9.17) is 0 Å². The first-order valence-electron chi connectivity index (χ1n) is 8.83. The third-order valence-corrected chi connectivity index (χ3v) is 7.06. The lowest BCUT2D eigenvalue weighted by atomic mass is 9.89. The molecule has 0 amide bonds. The summed E-state index contributed by atoms with van der Waals surface area (Å²) in [5, 5.41) is 2.50. The number of rotatable bonds is 6. The molecule has 0 saturated heterocycles. The summed E-state index contributed by atoms with van der Waals surface area (Å²) >= 11 is 0. The number of allylic oxidation sites excluding steroid dienone is 2. The van der Waals surface area contributed by atoms with Crippen LogP contribution in [-0.2, 0) is 0 Å². The maximum absolute atomic E-state index is 13.1. The summed E-state index contributed by atoms with van der Waals surface area (Å²) < 4.78 is 0. The van der Waals surface area contributed by atoms with E-state index < -0.39 is 0 Å². The van der Waals surface area contributed by atoms with Gasteiger partial charge in [-0.15, -0.1) is 0 Å². The number of benzene rings is 1. The van der Waals surface area contributed by atoms with Crippen LogP contribution < -0.4 is 0 Å². The Morgan fingerprint density at radius 3 is 2.61 bits per heavy atom. The Bertz CT molecular complexity index is 694. The normalized spacial score (nSPS) is 22.6. The maximum atomic E-state index is 13.1. The highest BCUT2D eigenvalue weighted by atomic mass is 32.2. The average molecular weight is 327 g/mol. The Labute approximate surface area is 142 Å². The molecule has 2 unspecified atom stereocenters. The van der Waals surface area contributed by atoms with Crippen LogP contribution in [0, 0.1) is 0 Å². The van der Waals surface area contributed by atoms with Gasteiger partial charge < -0.3 is 0 Å². The van der Waals surface area contributed by atoms with Gasteiger partial charge in [0.1, 0.15) is 0 Å². The molecule has 0 N–H and O–H groups in total. The lowest BCUT2D eigenvalue weighted by Crippen LogP contribution is -2.28. The van der Waals surface area contributed by atoms with Gasteiger partial charge in [-0.05, 0) is 53.2 Å². The predicted molar refractivity (Wildman–Crippen MR) is 104 cm³/mol. The van der Waals surface area contributed by atoms with Crippen LogP contribution in [0.5, 0.6) is 0 Å². The van der Waals surface area contributed by atoms with Gasteiger partial charge in [-0.3, -0.25) is 4.79 Å². The van der Waals surface area contributed by atoms with Gasteiger partial charge in [-0.2, -0.15) is 10.5 Å². The van der Waals surface area contributed by atoms with Gasteiger partial charge >= 0.3 is 0 Å². The maximum Gasteiger partial charge on any atom is 0.180 e. The highest BCUT2D eigenvalue weighted by Crippen LogP contribution is 2.40. The van der Waals surface area contributed by atoms with Gasteiger partial charge in [0.15, 0.2) is 5.78 Å². The minimum absolute atomic E-state index is 0.0569. The van der Waals surface area contributed by atoms with Crippen molar-refractivity contribution in [2.24, 2.45) is 0 Å². The molecule has 122 valence electrons. The van der Waals surface area contributed by atoms with Crippen LogP contribution >= 0.6 is 10.5 Å². The van der Waals surface area contributed by atoms with Crippen molar-refractivity contribution in [3.8, 4) is 0 Å². The molecule has 2 atom stereocenters. The predicted octanol–water partition coefficient (Wildman–Crippen LogP) is 5.64. The number of hydrogen-bond donors (Lipinski definition) is 0. The first-order valence-corrected chi connectivity index (χ1v) is 10.4. The second-order valence-electron chi connectivity index (χ2n) is 6.44. The summed E-state index contributed by atoms with van der Waals surface area (Å²) in [6.45, 7) is 4.47. The minimum Gasteiger partial charge on any atom is -0.293 e. The van der Waals surface area contributed by atoms with Gasteiger partial charge in [0.25, 0.3) is 0 Å². The summed E-state index contributed by atoms with van der Waals surface area (Å²) in [4.78, 5) is 13.1. The number of ketones is 1. The molecule has 0 fully saturated rings. The molecule has 1 aliphatic carbocycles. The van der Waals surface area contributed by atoms with E-state index in [1.54, 1.807) is 0 Å². The van der Waals surface area contributed by atoms with E-state index in [-0.39, 0.29) is 15.7 Å². The molecule has 0 spiro atoms. The molecule has 1 aromatic carbocycles. The van der Waals surface area contributed by atoms with Crippen LogP contribution in [0.1, 0.15) is 61.9 Å². The Hall–Kier alpha value is -1.41. The van der Waals surface area contributed by atoms with Crippen molar-refractivity contribution < 1.29 is 4.79 Å². The molecule has 1 nitrogen and oxygen atoms in total. The highest BCUT2D eigenvalue weighted by molar-refractivity contribution is 8.16. The van der Waals surface area contributed by atoms with Crippen molar-refractivity contribution in [2.45, 2.75) is 51.2 Å². The van der Waals surface area contributed by atoms with E-state index in [9.17, 15) is 4.79 Å². The van der Waals surface area contributed by atoms with Crippen molar-refractivity contribution in [3.63, 3.8) is 0 Å². The standard InChI is InChI=1S/C21H26OS/c1-3-5-9-16-13-18-14-17-10-7-8-11-19(17)20(22)21(18)23(15-16)12-6-4-2/h7-8,10-11,13-15,21H,3-6,9,12H2,1-2H3. The van der Waals surface area contributed by atoms with Gasteiger partial charge in [-0.1, -0.05) is 57.0 Å². The second-order valence-corrected chi connectivity index (χ2v) is 8.50. The smallest absolute Gasteiger partial charge is 0.180 e. The molecule has 2 heteroatoms. The Kier molecular flexibility index (Phi) is 5.32. The van der Waals surface area contributed by atoms with Crippen molar-refractivity contribution in [3.05, 3.63) is 52.6 Å². The summed E-state index contributed by atoms with van der Waals surface area (Å²) in [7, 11) is 0.0569. The number of Topliss-reactive ketones (excluding diaryl/α,β-unsaturated/α-hetero) is 1. The first kappa shape index (κ1) is 16.4. The summed E-state index contributed by atoms with van der Waals surface area (Å²) in [6, 6.07) is 8.06. The number of carbonyl (C=O) groups is 1. The van der Waals surface area contributed by atoms with E-state index in [1.165, 1.54) is 36.8 Å². The molecule has 1 aliphatic heterocycles. The molecule has 2 aliphatic rings. The number of carbonyl (C=O) groups excluding carboxylic acids is 1. The van der Waals surface area contributed by atoms with Crippen LogP contribution in [0.2, 0.25) is 0 Å². The second kappa shape index (κ2) is 7.44. The molecular formula is C21H26OS. The number of fused-ring (bicyclic) bond motifs is 2. The molecule has 0 aromatic heterocycles. The quantitative estimate of drug-likeness (QED) is 0.619. The zero-order valence-electron chi connectivity index (χ0n) is 14.2. The van der Waals surface area contributed by atoms with Crippen LogP contribution in [0.4, 0.5) is 0 Å². The van der Waals surface area contributed by atoms with Crippen molar-refractivity contribution in [1.82, 2.24) is 0 Å². The van der Waals surface area contributed by atoms with Crippen LogP contribution in [0.15, 0.2) is 41.5 Å². The highest BCUT2D eigenvalue weighted by Gasteiger charge is 2.32. The minimum atomic E-state index is 0.0569. The molecular weight excluding hydrogens is 300 g/mol. The lowest BCUT2D eigenvalue weighted by molar-refractivity contribution is 0.0997. The van der Waals surface area contributed by atoms with Crippen LogP contribution in [0.3, 0.4) is 0 Å². The zero-order valence-corrected chi connectivity index (χ0v) is 15.0. The Morgan fingerprint density at radius 1 is 1.04 bits per heavy atom. The third kappa shape index (κ3) is 3.42. The Balaban J connectivity index is 2.00. The van der Waals surface area contributed by atoms with Crippen molar-refractivity contribution in [1.29, 1.82) is 0 Å². The lowest BCUT2D eigenvalue weighted by Gasteiger charge is -2.30. The summed E-state index contributed by atoms with van der Waals surface area (Å²) in [5.41, 5.74) is 4.70. The largest absolute Gasteiger partial charge is 0.293 e. The molecule has 1 aromatic rings. The van der Waals surface area contributed by atoms with E-state index >= 15 is 0 Å². The fraction of sp³-hybridized carbons (Fsp3) is 0.429. The van der Waals surface area contributed by atoms with Crippen molar-refractivity contribution >= 4 is 27.7 Å². The number of unbranched alkanes of at least 4 members (excludes halogenated alkanes) is 2. The molecule has 1 heterocycles.